The summed E-state index contributed by atoms with van der Waals surface area (Å²) >= 11 is 8.00. The molecule has 0 aliphatic carbocycles. The third-order valence-corrected chi connectivity index (χ3v) is 8.39. The van der Waals surface area contributed by atoms with Crippen LogP contribution in [0.15, 0.2) is 22.4 Å². The number of carbonyl (C=O) groups excluding carboxylic acids is 2. The summed E-state index contributed by atoms with van der Waals surface area (Å²) in [6, 6.07) is 2.67. The van der Waals surface area contributed by atoms with E-state index in [-0.39, 0.29) is 29.4 Å². The molecule has 0 saturated carbocycles. The van der Waals surface area contributed by atoms with Gasteiger partial charge in [0.15, 0.2) is 9.84 Å². The van der Waals surface area contributed by atoms with E-state index in [2.05, 4.69) is 0 Å². The van der Waals surface area contributed by atoms with Crippen molar-refractivity contribution in [2.24, 2.45) is 0 Å². The van der Waals surface area contributed by atoms with E-state index in [1.807, 2.05) is 17.5 Å². The zero-order valence-corrected chi connectivity index (χ0v) is 17.5. The van der Waals surface area contributed by atoms with Gasteiger partial charge in [0.2, 0.25) is 5.91 Å². The van der Waals surface area contributed by atoms with Crippen LogP contribution in [0, 0.1) is 0 Å². The molecule has 3 rings (SSSR count). The fourth-order valence-electron chi connectivity index (χ4n) is 2.98. The quantitative estimate of drug-likeness (QED) is 0.537. The molecular weight excluding hydrogens is 412 g/mol. The second-order valence-electron chi connectivity index (χ2n) is 6.25. The van der Waals surface area contributed by atoms with Crippen LogP contribution in [0.2, 0.25) is 0 Å². The molecule has 0 N–H and O–H groups in total. The maximum atomic E-state index is 12.8. The Morgan fingerprint density at radius 3 is 2.81 bits per heavy atom. The molecular formula is C16H18N2O4S4. The number of amides is 2. The van der Waals surface area contributed by atoms with Gasteiger partial charge in [-0.3, -0.25) is 14.5 Å². The summed E-state index contributed by atoms with van der Waals surface area (Å²) in [5.41, 5.74) is 0. The summed E-state index contributed by atoms with van der Waals surface area (Å²) < 4.78 is 23.7. The highest BCUT2D eigenvalue weighted by molar-refractivity contribution is 8.26. The average Bonchev–Trinajstić information content (AvgIpc) is 3.27. The normalized spacial score (nSPS) is 25.1. The van der Waals surface area contributed by atoms with Crippen LogP contribution in [-0.4, -0.2) is 65.0 Å². The van der Waals surface area contributed by atoms with Gasteiger partial charge in [-0.25, -0.2) is 8.42 Å². The van der Waals surface area contributed by atoms with Crippen LogP contribution in [0.5, 0.6) is 0 Å². The summed E-state index contributed by atoms with van der Waals surface area (Å²) in [5.74, 6) is -0.533. The van der Waals surface area contributed by atoms with E-state index < -0.39 is 15.9 Å². The first-order chi connectivity index (χ1) is 12.2. The third-order valence-electron chi connectivity index (χ3n) is 4.49. The molecule has 0 bridgehead atoms. The van der Waals surface area contributed by atoms with Crippen LogP contribution in [0.25, 0.3) is 6.08 Å². The van der Waals surface area contributed by atoms with E-state index in [1.54, 1.807) is 20.0 Å². The fraction of sp³-hybridized carbons (Fsp3) is 0.438. The Labute approximate surface area is 166 Å². The van der Waals surface area contributed by atoms with Crippen molar-refractivity contribution in [1.29, 1.82) is 0 Å². The first-order valence-electron chi connectivity index (χ1n) is 7.97. The minimum atomic E-state index is -3.09. The van der Waals surface area contributed by atoms with Gasteiger partial charge in [-0.1, -0.05) is 30.0 Å². The first-order valence-corrected chi connectivity index (χ1v) is 11.9. The number of thioether (sulfide) groups is 1. The summed E-state index contributed by atoms with van der Waals surface area (Å²) in [6.45, 7) is 1.63. The smallest absolute Gasteiger partial charge is 0.266 e. The molecule has 2 atom stereocenters. The Balaban J connectivity index is 1.74. The highest BCUT2D eigenvalue weighted by Gasteiger charge is 2.41. The van der Waals surface area contributed by atoms with E-state index in [4.69, 9.17) is 12.2 Å². The predicted octanol–water partition coefficient (Wildman–Crippen LogP) is 1.98. The van der Waals surface area contributed by atoms with Gasteiger partial charge in [0.25, 0.3) is 5.91 Å². The molecule has 26 heavy (non-hydrogen) atoms. The van der Waals surface area contributed by atoms with E-state index in [9.17, 15) is 18.0 Å². The minimum absolute atomic E-state index is 0.0291. The van der Waals surface area contributed by atoms with Gasteiger partial charge >= 0.3 is 0 Å². The van der Waals surface area contributed by atoms with Crippen LogP contribution in [-0.2, 0) is 19.4 Å². The maximum Gasteiger partial charge on any atom is 0.266 e. The van der Waals surface area contributed by atoms with Crippen molar-refractivity contribution in [2.75, 3.05) is 18.6 Å². The minimum Gasteiger partial charge on any atom is -0.340 e. The van der Waals surface area contributed by atoms with Crippen molar-refractivity contribution in [3.63, 3.8) is 0 Å². The van der Waals surface area contributed by atoms with Gasteiger partial charge in [0.1, 0.15) is 10.4 Å². The Morgan fingerprint density at radius 2 is 2.23 bits per heavy atom. The molecule has 1 aromatic rings. The number of rotatable bonds is 4. The molecule has 10 heteroatoms. The number of sulfone groups is 1. The molecule has 0 unspecified atom stereocenters. The molecule has 3 heterocycles. The number of hydrogen-bond acceptors (Lipinski definition) is 7. The second kappa shape index (κ2) is 7.41. The Bertz CT molecular complexity index is 876. The van der Waals surface area contributed by atoms with Gasteiger partial charge < -0.3 is 4.90 Å². The lowest BCUT2D eigenvalue weighted by Crippen LogP contribution is -2.50. The van der Waals surface area contributed by atoms with Crippen molar-refractivity contribution in [1.82, 2.24) is 9.80 Å². The molecule has 6 nitrogen and oxygen atoms in total. The van der Waals surface area contributed by atoms with Crippen LogP contribution in [0.1, 0.15) is 18.2 Å². The third kappa shape index (κ3) is 3.88. The second-order valence-corrected chi connectivity index (χ2v) is 11.1. The molecule has 0 radical (unpaired) electrons. The Morgan fingerprint density at radius 1 is 1.50 bits per heavy atom. The standard InChI is InChI=1S/C16H18N2O4S4/c1-10(14(19)17(2)11-5-7-26(21,22)9-11)18-15(20)13(25-16(18)23)8-12-4-3-6-24-12/h3-4,6,8,10-11H,5,7,9H2,1-2H3/b13-8+/t10-,11+/m0/s1. The molecule has 2 aliphatic rings. The highest BCUT2D eigenvalue weighted by atomic mass is 32.2. The van der Waals surface area contributed by atoms with Crippen molar-refractivity contribution >= 4 is 67.4 Å². The predicted molar refractivity (Wildman–Crippen MR) is 109 cm³/mol. The molecule has 1 aromatic heterocycles. The van der Waals surface area contributed by atoms with E-state index in [0.717, 1.165) is 4.88 Å². The van der Waals surface area contributed by atoms with Crippen molar-refractivity contribution in [3.8, 4) is 0 Å². The average molecular weight is 431 g/mol. The highest BCUT2D eigenvalue weighted by Crippen LogP contribution is 2.35. The summed E-state index contributed by atoms with van der Waals surface area (Å²) in [4.78, 5) is 29.7. The Hall–Kier alpha value is -1.23. The molecule has 2 amide bonds. The summed E-state index contributed by atoms with van der Waals surface area (Å²) in [5, 5.41) is 1.92. The number of hydrogen-bond donors (Lipinski definition) is 0. The van der Waals surface area contributed by atoms with Crippen LogP contribution >= 0.6 is 35.3 Å². The summed E-state index contributed by atoms with van der Waals surface area (Å²) in [6.07, 6.45) is 2.20. The van der Waals surface area contributed by atoms with Gasteiger partial charge in [-0.05, 0) is 30.9 Å². The summed E-state index contributed by atoms with van der Waals surface area (Å²) in [7, 11) is -1.50. The van der Waals surface area contributed by atoms with E-state index in [1.165, 1.54) is 32.9 Å². The van der Waals surface area contributed by atoms with E-state index >= 15 is 0 Å². The fourth-order valence-corrected chi connectivity index (χ4v) is 6.90. The maximum absolute atomic E-state index is 12.8. The van der Waals surface area contributed by atoms with E-state index in [0.29, 0.717) is 15.6 Å². The van der Waals surface area contributed by atoms with Crippen LogP contribution in [0.3, 0.4) is 0 Å². The largest absolute Gasteiger partial charge is 0.340 e. The molecule has 0 aromatic carbocycles. The van der Waals surface area contributed by atoms with Crippen molar-refractivity contribution in [3.05, 3.63) is 27.3 Å². The molecule has 2 aliphatic heterocycles. The zero-order valence-electron chi connectivity index (χ0n) is 14.2. The Kier molecular flexibility index (Phi) is 5.57. The number of likely N-dealkylation sites (N-methyl/N-ethyl adjacent to an activating group) is 1. The molecule has 2 fully saturated rings. The SMILES string of the molecule is C[C@@H](C(=O)N(C)[C@@H]1CCS(=O)(=O)C1)N1C(=O)/C(=C\c2cccs2)SC1=S. The van der Waals surface area contributed by atoms with Gasteiger partial charge in [0.05, 0.1) is 16.4 Å². The lowest BCUT2D eigenvalue weighted by Gasteiger charge is -2.30. The topological polar surface area (TPSA) is 74.8 Å². The number of thiocarbonyl (C=S) groups is 1. The van der Waals surface area contributed by atoms with Gasteiger partial charge in [-0.2, -0.15) is 0 Å². The monoisotopic (exact) mass is 430 g/mol. The van der Waals surface area contributed by atoms with Crippen molar-refractivity contribution < 1.29 is 18.0 Å². The van der Waals surface area contributed by atoms with Gasteiger partial charge in [-0.15, -0.1) is 11.3 Å². The van der Waals surface area contributed by atoms with Gasteiger partial charge in [0, 0.05) is 18.0 Å². The molecule has 0 spiro atoms. The lowest BCUT2D eigenvalue weighted by molar-refractivity contribution is -0.139. The van der Waals surface area contributed by atoms with Crippen LogP contribution in [0.4, 0.5) is 0 Å². The molecule has 2 saturated heterocycles. The molecule has 140 valence electrons. The lowest BCUT2D eigenvalue weighted by atomic mass is 10.2. The van der Waals surface area contributed by atoms with Crippen LogP contribution < -0.4 is 0 Å². The van der Waals surface area contributed by atoms with Crippen molar-refractivity contribution in [2.45, 2.75) is 25.4 Å². The zero-order chi connectivity index (χ0) is 19.1. The number of nitrogens with zero attached hydrogens (tertiary/aromatic N) is 2. The first kappa shape index (κ1) is 19.5. The number of carbonyl (C=O) groups is 2. The number of thiophene rings is 1.